The van der Waals surface area contributed by atoms with Gasteiger partial charge in [0.15, 0.2) is 0 Å². The number of sulfonamides is 1. The maximum Gasteiger partial charge on any atom is 0.241 e. The number of amides is 1. The standard InChI is InChI=1S/C12H18N2O4S/c1-10(12(16)13-8-5-9-15)14-19(17,18)11-6-3-2-4-7-11/h2-4,6-7,10,14-15H,5,8-9H2,1H3,(H,13,16)/t10-/m1/s1. The molecule has 1 aromatic rings. The highest BCUT2D eigenvalue weighted by molar-refractivity contribution is 7.89. The third-order valence-corrected chi connectivity index (χ3v) is 3.97. The molecule has 1 atom stereocenters. The largest absolute Gasteiger partial charge is 0.396 e. The molecule has 1 rings (SSSR count). The van der Waals surface area contributed by atoms with Gasteiger partial charge in [0, 0.05) is 13.2 Å². The second kappa shape index (κ2) is 7.22. The Balaban J connectivity index is 2.61. The summed E-state index contributed by atoms with van der Waals surface area (Å²) in [7, 11) is -3.70. The zero-order chi connectivity index (χ0) is 14.3. The molecule has 6 nitrogen and oxygen atoms in total. The summed E-state index contributed by atoms with van der Waals surface area (Å²) >= 11 is 0. The minimum atomic E-state index is -3.70. The number of benzene rings is 1. The third kappa shape index (κ3) is 4.98. The Bertz CT molecular complexity index is 502. The summed E-state index contributed by atoms with van der Waals surface area (Å²) in [5.74, 6) is -0.423. The first kappa shape index (κ1) is 15.6. The molecule has 106 valence electrons. The van der Waals surface area contributed by atoms with Gasteiger partial charge in [-0.1, -0.05) is 18.2 Å². The van der Waals surface area contributed by atoms with Crippen molar-refractivity contribution >= 4 is 15.9 Å². The lowest BCUT2D eigenvalue weighted by molar-refractivity contribution is -0.122. The summed E-state index contributed by atoms with van der Waals surface area (Å²) in [6.07, 6.45) is 0.434. The molecule has 0 aliphatic carbocycles. The normalized spacial score (nSPS) is 12.9. The molecule has 0 spiro atoms. The Morgan fingerprint density at radius 1 is 1.32 bits per heavy atom. The van der Waals surface area contributed by atoms with Gasteiger partial charge in [0.1, 0.15) is 0 Å². The SMILES string of the molecule is C[C@@H](NS(=O)(=O)c1ccccc1)C(=O)NCCCO. The van der Waals surface area contributed by atoms with Gasteiger partial charge in [0.25, 0.3) is 0 Å². The molecule has 7 heteroatoms. The predicted molar refractivity (Wildman–Crippen MR) is 70.9 cm³/mol. The monoisotopic (exact) mass is 286 g/mol. The molecule has 0 aliphatic heterocycles. The van der Waals surface area contributed by atoms with Crippen molar-refractivity contribution < 1.29 is 18.3 Å². The quantitative estimate of drug-likeness (QED) is 0.608. The van der Waals surface area contributed by atoms with Crippen LogP contribution in [0.15, 0.2) is 35.2 Å². The number of aliphatic hydroxyl groups excluding tert-OH is 1. The Hall–Kier alpha value is -1.44. The highest BCUT2D eigenvalue weighted by atomic mass is 32.2. The molecular formula is C12H18N2O4S. The highest BCUT2D eigenvalue weighted by Gasteiger charge is 2.21. The van der Waals surface area contributed by atoms with Crippen LogP contribution in [-0.4, -0.2) is 38.6 Å². The van der Waals surface area contributed by atoms with Crippen molar-refractivity contribution in [3.8, 4) is 0 Å². The maximum atomic E-state index is 11.9. The molecule has 0 unspecified atom stereocenters. The van der Waals surface area contributed by atoms with Crippen LogP contribution in [0.25, 0.3) is 0 Å². The van der Waals surface area contributed by atoms with E-state index in [1.165, 1.54) is 19.1 Å². The van der Waals surface area contributed by atoms with Gasteiger partial charge < -0.3 is 10.4 Å². The van der Waals surface area contributed by atoms with Gasteiger partial charge in [-0.05, 0) is 25.5 Å². The second-order valence-electron chi connectivity index (χ2n) is 4.02. The smallest absolute Gasteiger partial charge is 0.241 e. The molecule has 3 N–H and O–H groups in total. The summed E-state index contributed by atoms with van der Waals surface area (Å²) < 4.78 is 26.2. The first-order valence-corrected chi connectivity index (χ1v) is 7.41. The van der Waals surface area contributed by atoms with E-state index in [2.05, 4.69) is 10.0 Å². The van der Waals surface area contributed by atoms with E-state index >= 15 is 0 Å². The minimum absolute atomic E-state index is 0.0234. The van der Waals surface area contributed by atoms with Crippen LogP contribution in [0.5, 0.6) is 0 Å². The maximum absolute atomic E-state index is 11.9. The van der Waals surface area contributed by atoms with E-state index < -0.39 is 22.0 Å². The van der Waals surface area contributed by atoms with Crippen LogP contribution in [0.3, 0.4) is 0 Å². The molecule has 0 aliphatic rings. The Kier molecular flexibility index (Phi) is 5.94. The van der Waals surface area contributed by atoms with Crippen LogP contribution in [0, 0.1) is 0 Å². The molecule has 1 amide bonds. The van der Waals surface area contributed by atoms with Gasteiger partial charge >= 0.3 is 0 Å². The molecule has 19 heavy (non-hydrogen) atoms. The number of hydrogen-bond donors (Lipinski definition) is 3. The first-order chi connectivity index (χ1) is 8.97. The van der Waals surface area contributed by atoms with Gasteiger partial charge in [-0.2, -0.15) is 4.72 Å². The molecule has 0 bridgehead atoms. The second-order valence-corrected chi connectivity index (χ2v) is 5.74. The number of aliphatic hydroxyl groups is 1. The highest BCUT2D eigenvalue weighted by Crippen LogP contribution is 2.07. The minimum Gasteiger partial charge on any atom is -0.396 e. The van der Waals surface area contributed by atoms with Gasteiger partial charge in [0.05, 0.1) is 10.9 Å². The number of nitrogens with one attached hydrogen (secondary N) is 2. The average molecular weight is 286 g/mol. The summed E-state index contributed by atoms with van der Waals surface area (Å²) in [5.41, 5.74) is 0. The topological polar surface area (TPSA) is 95.5 Å². The van der Waals surface area contributed by atoms with E-state index in [0.29, 0.717) is 13.0 Å². The molecular weight excluding hydrogens is 268 g/mol. The van der Waals surface area contributed by atoms with Crippen LogP contribution in [0.4, 0.5) is 0 Å². The zero-order valence-electron chi connectivity index (χ0n) is 10.7. The van der Waals surface area contributed by atoms with Crippen LogP contribution in [0.1, 0.15) is 13.3 Å². The molecule has 0 aromatic heterocycles. The van der Waals surface area contributed by atoms with E-state index in [1.807, 2.05) is 0 Å². The van der Waals surface area contributed by atoms with E-state index in [0.717, 1.165) is 0 Å². The Morgan fingerprint density at radius 3 is 2.53 bits per heavy atom. The number of carbonyl (C=O) groups excluding carboxylic acids is 1. The molecule has 0 saturated carbocycles. The first-order valence-electron chi connectivity index (χ1n) is 5.93. The fraction of sp³-hybridized carbons (Fsp3) is 0.417. The molecule has 0 heterocycles. The molecule has 0 saturated heterocycles. The number of hydrogen-bond acceptors (Lipinski definition) is 4. The van der Waals surface area contributed by atoms with E-state index in [1.54, 1.807) is 18.2 Å². The number of rotatable bonds is 7. The van der Waals surface area contributed by atoms with E-state index in [9.17, 15) is 13.2 Å². The van der Waals surface area contributed by atoms with Crippen molar-refractivity contribution in [3.63, 3.8) is 0 Å². The van der Waals surface area contributed by atoms with Crippen LogP contribution < -0.4 is 10.0 Å². The molecule has 1 aromatic carbocycles. The molecule has 0 radical (unpaired) electrons. The summed E-state index contributed by atoms with van der Waals surface area (Å²) in [5, 5.41) is 11.1. The fourth-order valence-corrected chi connectivity index (χ4v) is 2.62. The average Bonchev–Trinajstić information content (AvgIpc) is 2.39. The van der Waals surface area contributed by atoms with Crippen molar-refractivity contribution in [2.24, 2.45) is 0 Å². The summed E-state index contributed by atoms with van der Waals surface area (Å²) in [6, 6.07) is 6.98. The van der Waals surface area contributed by atoms with Gasteiger partial charge in [-0.15, -0.1) is 0 Å². The fourth-order valence-electron chi connectivity index (χ4n) is 1.40. The Labute approximate surface area is 112 Å². The summed E-state index contributed by atoms with van der Waals surface area (Å²) in [6.45, 7) is 1.76. The lowest BCUT2D eigenvalue weighted by atomic mass is 10.3. The predicted octanol–water partition coefficient (Wildman–Crippen LogP) is -0.148. The lowest BCUT2D eigenvalue weighted by Crippen LogP contribution is -2.45. The van der Waals surface area contributed by atoms with Crippen molar-refractivity contribution in [1.29, 1.82) is 0 Å². The van der Waals surface area contributed by atoms with Crippen LogP contribution in [0.2, 0.25) is 0 Å². The van der Waals surface area contributed by atoms with Crippen molar-refractivity contribution in [2.75, 3.05) is 13.2 Å². The van der Waals surface area contributed by atoms with Crippen LogP contribution >= 0.6 is 0 Å². The van der Waals surface area contributed by atoms with Gasteiger partial charge in [-0.25, -0.2) is 8.42 Å². The lowest BCUT2D eigenvalue weighted by Gasteiger charge is -2.14. The Morgan fingerprint density at radius 2 is 1.95 bits per heavy atom. The van der Waals surface area contributed by atoms with Crippen LogP contribution in [-0.2, 0) is 14.8 Å². The van der Waals surface area contributed by atoms with Crippen molar-refractivity contribution in [2.45, 2.75) is 24.3 Å². The van der Waals surface area contributed by atoms with Gasteiger partial charge in [0.2, 0.25) is 15.9 Å². The zero-order valence-corrected chi connectivity index (χ0v) is 11.5. The molecule has 0 fully saturated rings. The van der Waals surface area contributed by atoms with Gasteiger partial charge in [-0.3, -0.25) is 4.79 Å². The summed E-state index contributed by atoms with van der Waals surface area (Å²) in [4.78, 5) is 11.7. The number of carbonyl (C=O) groups is 1. The van der Waals surface area contributed by atoms with Crippen molar-refractivity contribution in [1.82, 2.24) is 10.0 Å². The van der Waals surface area contributed by atoms with E-state index in [-0.39, 0.29) is 11.5 Å². The van der Waals surface area contributed by atoms with E-state index in [4.69, 9.17) is 5.11 Å². The van der Waals surface area contributed by atoms with Crippen molar-refractivity contribution in [3.05, 3.63) is 30.3 Å². The third-order valence-electron chi connectivity index (χ3n) is 2.41.